The maximum atomic E-state index is 12.4. The molecule has 0 aliphatic carbocycles. The average molecular weight is 386 g/mol. The smallest absolute Gasteiger partial charge is 0.291 e. The van der Waals surface area contributed by atoms with Gasteiger partial charge in [-0.15, -0.1) is 0 Å². The molecule has 1 aromatic heterocycles. The largest absolute Gasteiger partial charge is 0.451 e. The van der Waals surface area contributed by atoms with Crippen molar-refractivity contribution in [2.24, 2.45) is 0 Å². The van der Waals surface area contributed by atoms with Gasteiger partial charge in [0, 0.05) is 25.8 Å². The molecule has 0 aliphatic rings. The zero-order valence-corrected chi connectivity index (χ0v) is 15.8. The zero-order chi connectivity index (χ0) is 19.8. The van der Waals surface area contributed by atoms with E-state index in [9.17, 15) is 18.0 Å². The van der Waals surface area contributed by atoms with E-state index < -0.39 is 15.9 Å². The van der Waals surface area contributed by atoms with E-state index in [1.165, 1.54) is 38.4 Å². The number of fused-ring (bicyclic) bond motifs is 1. The van der Waals surface area contributed by atoms with Crippen molar-refractivity contribution >= 4 is 32.6 Å². The summed E-state index contributed by atoms with van der Waals surface area (Å²) in [6, 6.07) is 12.0. The van der Waals surface area contributed by atoms with Crippen molar-refractivity contribution in [2.45, 2.75) is 11.8 Å². The molecule has 0 atom stereocenters. The molecule has 27 heavy (non-hydrogen) atoms. The summed E-state index contributed by atoms with van der Waals surface area (Å²) in [7, 11) is -0.670. The lowest BCUT2D eigenvalue weighted by Gasteiger charge is -2.12. The molecule has 0 aliphatic heterocycles. The first-order chi connectivity index (χ1) is 12.7. The Kier molecular flexibility index (Phi) is 4.86. The van der Waals surface area contributed by atoms with Gasteiger partial charge in [0.15, 0.2) is 11.2 Å². The van der Waals surface area contributed by atoms with Gasteiger partial charge in [-0.1, -0.05) is 11.6 Å². The Labute approximate surface area is 156 Å². The Morgan fingerprint density at radius 2 is 1.70 bits per heavy atom. The number of aryl methyl sites for hydroxylation is 1. The summed E-state index contributed by atoms with van der Waals surface area (Å²) < 4.78 is 30.8. The molecular weight excluding hydrogens is 368 g/mol. The highest BCUT2D eigenvalue weighted by Crippen LogP contribution is 2.18. The van der Waals surface area contributed by atoms with Crippen molar-refractivity contribution in [2.75, 3.05) is 19.4 Å². The van der Waals surface area contributed by atoms with Crippen molar-refractivity contribution in [1.29, 1.82) is 0 Å². The van der Waals surface area contributed by atoms with Crippen LogP contribution in [-0.4, -0.2) is 32.7 Å². The van der Waals surface area contributed by atoms with Gasteiger partial charge in [-0.05, 0) is 43.3 Å². The maximum Gasteiger partial charge on any atom is 0.291 e. The highest BCUT2D eigenvalue weighted by Gasteiger charge is 2.17. The Morgan fingerprint density at radius 1 is 1.04 bits per heavy atom. The third kappa shape index (κ3) is 3.76. The number of rotatable bonds is 4. The fraction of sp³-hybridized carbons (Fsp3) is 0.158. The lowest BCUT2D eigenvalue weighted by Crippen LogP contribution is -2.22. The van der Waals surface area contributed by atoms with Gasteiger partial charge in [0.05, 0.1) is 10.3 Å². The van der Waals surface area contributed by atoms with Crippen LogP contribution in [-0.2, 0) is 10.0 Å². The van der Waals surface area contributed by atoms with Crippen molar-refractivity contribution < 1.29 is 17.6 Å². The second-order valence-corrected chi connectivity index (χ2v) is 8.39. The van der Waals surface area contributed by atoms with E-state index in [-0.39, 0.29) is 16.1 Å². The Bertz CT molecular complexity index is 1180. The van der Waals surface area contributed by atoms with E-state index in [1.807, 2.05) is 6.92 Å². The standard InChI is InChI=1S/C19H18N2O5S/c1-12-4-9-17-15(10-12)16(22)11-18(26-17)19(23)20-13-5-7-14(8-6-13)27(24,25)21(2)3/h4-11H,1-3H3,(H,20,23). The average Bonchev–Trinajstić information content (AvgIpc) is 2.62. The lowest BCUT2D eigenvalue weighted by molar-refractivity contribution is 0.0997. The van der Waals surface area contributed by atoms with Crippen LogP contribution >= 0.6 is 0 Å². The summed E-state index contributed by atoms with van der Waals surface area (Å²) in [6.45, 7) is 1.86. The van der Waals surface area contributed by atoms with Crippen LogP contribution in [0.15, 0.2) is 62.6 Å². The fourth-order valence-electron chi connectivity index (χ4n) is 2.50. The van der Waals surface area contributed by atoms with E-state index in [4.69, 9.17) is 4.42 Å². The lowest BCUT2D eigenvalue weighted by atomic mass is 10.1. The highest BCUT2D eigenvalue weighted by molar-refractivity contribution is 7.89. The van der Waals surface area contributed by atoms with E-state index in [2.05, 4.69) is 5.32 Å². The minimum Gasteiger partial charge on any atom is -0.451 e. The minimum absolute atomic E-state index is 0.109. The molecule has 0 fully saturated rings. The van der Waals surface area contributed by atoms with Crippen LogP contribution < -0.4 is 10.7 Å². The number of anilines is 1. The highest BCUT2D eigenvalue weighted by atomic mass is 32.2. The molecule has 2 aromatic carbocycles. The zero-order valence-electron chi connectivity index (χ0n) is 15.0. The molecule has 3 aromatic rings. The third-order valence-electron chi connectivity index (χ3n) is 4.00. The summed E-state index contributed by atoms with van der Waals surface area (Å²) in [4.78, 5) is 24.7. The van der Waals surface area contributed by atoms with Crippen molar-refractivity contribution in [3.63, 3.8) is 0 Å². The van der Waals surface area contributed by atoms with Gasteiger partial charge in [-0.25, -0.2) is 12.7 Å². The van der Waals surface area contributed by atoms with Crippen LogP contribution in [0.4, 0.5) is 5.69 Å². The molecule has 0 unspecified atom stereocenters. The predicted octanol–water partition coefficient (Wildman–Crippen LogP) is 2.60. The van der Waals surface area contributed by atoms with Gasteiger partial charge in [0.2, 0.25) is 10.0 Å². The van der Waals surface area contributed by atoms with Gasteiger partial charge >= 0.3 is 0 Å². The molecule has 0 saturated carbocycles. The SMILES string of the molecule is Cc1ccc2oc(C(=O)Nc3ccc(S(=O)(=O)N(C)C)cc3)cc(=O)c2c1. The van der Waals surface area contributed by atoms with Crippen LogP contribution in [0.1, 0.15) is 16.1 Å². The molecule has 8 heteroatoms. The summed E-state index contributed by atoms with van der Waals surface area (Å²) in [5.74, 6) is -0.723. The number of carbonyl (C=O) groups excluding carboxylic acids is 1. The number of nitrogens with one attached hydrogen (secondary N) is 1. The Balaban J connectivity index is 1.87. The number of sulfonamides is 1. The molecule has 3 rings (SSSR count). The number of carbonyl (C=O) groups is 1. The van der Waals surface area contributed by atoms with Crippen LogP contribution in [0.3, 0.4) is 0 Å². The summed E-state index contributed by atoms with van der Waals surface area (Å²) in [5, 5.41) is 3.00. The Hall–Kier alpha value is -2.97. The van der Waals surface area contributed by atoms with Crippen LogP contribution in [0.5, 0.6) is 0 Å². The monoisotopic (exact) mass is 386 g/mol. The van der Waals surface area contributed by atoms with Gasteiger partial charge in [0.1, 0.15) is 5.58 Å². The number of benzene rings is 2. The molecule has 0 radical (unpaired) electrons. The summed E-state index contributed by atoms with van der Waals surface area (Å²) in [6.07, 6.45) is 0. The first-order valence-corrected chi connectivity index (χ1v) is 9.51. The Morgan fingerprint density at radius 3 is 2.33 bits per heavy atom. The molecular formula is C19H18N2O5S. The van der Waals surface area contributed by atoms with Gasteiger partial charge in [-0.2, -0.15) is 0 Å². The molecule has 0 saturated heterocycles. The first kappa shape index (κ1) is 18.8. The summed E-state index contributed by atoms with van der Waals surface area (Å²) in [5.41, 5.74) is 1.31. The minimum atomic E-state index is -3.55. The topological polar surface area (TPSA) is 96.7 Å². The first-order valence-electron chi connectivity index (χ1n) is 8.07. The van der Waals surface area contributed by atoms with Crippen molar-refractivity contribution in [3.05, 3.63) is 70.1 Å². The van der Waals surface area contributed by atoms with E-state index in [0.29, 0.717) is 16.7 Å². The van der Waals surface area contributed by atoms with Crippen LogP contribution in [0.25, 0.3) is 11.0 Å². The van der Waals surface area contributed by atoms with E-state index in [1.54, 1.807) is 18.2 Å². The van der Waals surface area contributed by atoms with Crippen LogP contribution in [0, 0.1) is 6.92 Å². The fourth-order valence-corrected chi connectivity index (χ4v) is 3.40. The van der Waals surface area contributed by atoms with E-state index >= 15 is 0 Å². The number of hydrogen-bond donors (Lipinski definition) is 1. The third-order valence-corrected chi connectivity index (χ3v) is 5.83. The quantitative estimate of drug-likeness (QED) is 0.743. The van der Waals surface area contributed by atoms with Gasteiger partial charge in [-0.3, -0.25) is 9.59 Å². The molecule has 7 nitrogen and oxygen atoms in total. The predicted molar refractivity (Wildman–Crippen MR) is 102 cm³/mol. The molecule has 140 valence electrons. The molecule has 0 spiro atoms. The molecule has 1 N–H and O–H groups in total. The second-order valence-electron chi connectivity index (χ2n) is 6.24. The summed E-state index contributed by atoms with van der Waals surface area (Å²) >= 11 is 0. The maximum absolute atomic E-state index is 12.4. The molecule has 1 heterocycles. The van der Waals surface area contributed by atoms with Gasteiger partial charge in [0.25, 0.3) is 5.91 Å². The van der Waals surface area contributed by atoms with Crippen molar-refractivity contribution in [3.8, 4) is 0 Å². The number of hydrogen-bond acceptors (Lipinski definition) is 5. The van der Waals surface area contributed by atoms with Crippen molar-refractivity contribution in [1.82, 2.24) is 4.31 Å². The molecule has 0 bridgehead atoms. The number of nitrogens with zero attached hydrogens (tertiary/aromatic N) is 1. The second kappa shape index (κ2) is 6.98. The van der Waals surface area contributed by atoms with Crippen LogP contribution in [0.2, 0.25) is 0 Å². The normalized spacial score (nSPS) is 11.7. The number of amides is 1. The van der Waals surface area contributed by atoms with Gasteiger partial charge < -0.3 is 9.73 Å². The molecule has 1 amide bonds. The van der Waals surface area contributed by atoms with E-state index in [0.717, 1.165) is 15.9 Å².